The second kappa shape index (κ2) is 11.2. The third kappa shape index (κ3) is 6.05. The first kappa shape index (κ1) is 27.7. The molecule has 1 aliphatic heterocycles. The van der Waals surface area contributed by atoms with E-state index in [-0.39, 0.29) is 29.9 Å². The lowest BCUT2D eigenvalue weighted by atomic mass is 9.88. The van der Waals surface area contributed by atoms with E-state index in [9.17, 15) is 23.4 Å². The quantitative estimate of drug-likeness (QED) is 0.327. The molecule has 3 aromatic rings. The summed E-state index contributed by atoms with van der Waals surface area (Å²) in [6, 6.07) is 15.8. The van der Waals surface area contributed by atoms with Gasteiger partial charge in [0, 0.05) is 13.2 Å². The zero-order valence-corrected chi connectivity index (χ0v) is 22.4. The maximum atomic E-state index is 13.3. The second-order valence-electron chi connectivity index (χ2n) is 9.91. The third-order valence-corrected chi connectivity index (χ3v) is 8.13. The van der Waals surface area contributed by atoms with Gasteiger partial charge in [-0.1, -0.05) is 49.4 Å². The summed E-state index contributed by atoms with van der Waals surface area (Å²) in [6.45, 7) is 4.98. The lowest BCUT2D eigenvalue weighted by Crippen LogP contribution is -2.53. The normalized spacial score (nSPS) is 19.2. The highest BCUT2D eigenvalue weighted by Gasteiger charge is 2.45. The summed E-state index contributed by atoms with van der Waals surface area (Å²) in [5, 5.41) is 23.7. The fraction of sp³-hybridized carbons (Fsp3) is 0.357. The number of carbonyl (C=O) groups excluding carboxylic acids is 1. The van der Waals surface area contributed by atoms with E-state index < -0.39 is 39.7 Å². The summed E-state index contributed by atoms with van der Waals surface area (Å²) in [7, 11) is -4.03. The van der Waals surface area contributed by atoms with E-state index in [0.717, 1.165) is 17.5 Å². The number of nitrogens with zero attached hydrogens (tertiary/aromatic N) is 1. The van der Waals surface area contributed by atoms with Crippen LogP contribution in [-0.4, -0.2) is 53.9 Å². The van der Waals surface area contributed by atoms with E-state index >= 15 is 0 Å². The van der Waals surface area contributed by atoms with Gasteiger partial charge in [-0.3, -0.25) is 4.79 Å². The predicted molar refractivity (Wildman–Crippen MR) is 144 cm³/mol. The lowest BCUT2D eigenvalue weighted by molar-refractivity contribution is -0.0632. The minimum absolute atomic E-state index is 0. The summed E-state index contributed by atoms with van der Waals surface area (Å²) in [4.78, 5) is 17.4. The molecule has 0 bridgehead atoms. The Labute approximate surface area is 224 Å². The average molecular weight is 542 g/mol. The molecule has 1 aliphatic rings. The van der Waals surface area contributed by atoms with Gasteiger partial charge in [-0.25, -0.2) is 18.1 Å². The lowest BCUT2D eigenvalue weighted by Gasteiger charge is -2.41. The SMILES string of the molecule is CCc1ccc(S(=O)(=O)N[C@@H]2c3cc(C(=O)N[C@@H](CO)Cc4ccccc4)cnc3OC(C)(C)[C@H]2O)cc1.[HH]. The molecule has 4 rings (SSSR count). The summed E-state index contributed by atoms with van der Waals surface area (Å²) < 4.78 is 35.0. The first-order chi connectivity index (χ1) is 18.0. The Balaban J connectivity index is 0.00000420. The zero-order chi connectivity index (χ0) is 27.5. The van der Waals surface area contributed by atoms with Crippen molar-refractivity contribution < 1.29 is 29.6 Å². The standard InChI is InChI=1S/C28H33N3O6S.H2/c1-4-18-10-12-22(13-11-18)38(35,36)31-24-23-15-20(16-29-27(23)37-28(2,3)25(24)33)26(34)30-21(17-32)14-19-8-6-5-7-9-19;/h5-13,15-16,21,24-25,31-33H,4,14,17H2,1-3H3,(H,30,34);1H/t21-,24-,25+;/m1./s1. The Morgan fingerprint density at radius 2 is 1.82 bits per heavy atom. The minimum atomic E-state index is -4.03. The Hall–Kier alpha value is -3.31. The monoisotopic (exact) mass is 541 g/mol. The highest BCUT2D eigenvalue weighted by molar-refractivity contribution is 7.89. The van der Waals surface area contributed by atoms with Crippen molar-refractivity contribution in [1.29, 1.82) is 0 Å². The van der Waals surface area contributed by atoms with Gasteiger partial charge in [-0.2, -0.15) is 0 Å². The van der Waals surface area contributed by atoms with E-state index in [1.54, 1.807) is 26.0 Å². The molecule has 4 N–H and O–H groups in total. The van der Waals surface area contributed by atoms with Crippen molar-refractivity contribution in [1.82, 2.24) is 15.0 Å². The Morgan fingerprint density at radius 3 is 2.45 bits per heavy atom. The van der Waals surface area contributed by atoms with Crippen LogP contribution in [0.5, 0.6) is 5.88 Å². The van der Waals surface area contributed by atoms with Crippen molar-refractivity contribution in [3.8, 4) is 5.88 Å². The minimum Gasteiger partial charge on any atom is -0.469 e. The van der Waals surface area contributed by atoms with Gasteiger partial charge < -0.3 is 20.3 Å². The van der Waals surface area contributed by atoms with Crippen molar-refractivity contribution >= 4 is 15.9 Å². The highest BCUT2D eigenvalue weighted by Crippen LogP contribution is 2.39. The number of benzene rings is 2. The number of amides is 1. The van der Waals surface area contributed by atoms with Crippen LogP contribution in [0, 0.1) is 0 Å². The number of rotatable bonds is 9. The third-order valence-electron chi connectivity index (χ3n) is 6.67. The van der Waals surface area contributed by atoms with Gasteiger partial charge in [0.25, 0.3) is 5.91 Å². The molecule has 3 atom stereocenters. The Morgan fingerprint density at radius 1 is 1.13 bits per heavy atom. The van der Waals surface area contributed by atoms with Crippen LogP contribution in [0.4, 0.5) is 0 Å². The van der Waals surface area contributed by atoms with E-state index in [0.29, 0.717) is 6.42 Å². The van der Waals surface area contributed by atoms with Crippen LogP contribution in [0.15, 0.2) is 71.8 Å². The number of aliphatic hydroxyl groups excluding tert-OH is 2. The average Bonchev–Trinajstić information content (AvgIpc) is 2.91. The molecular formula is C28H35N3O6S. The molecule has 0 saturated carbocycles. The van der Waals surface area contributed by atoms with Gasteiger partial charge in [-0.05, 0) is 56.0 Å². The van der Waals surface area contributed by atoms with E-state index in [2.05, 4.69) is 15.0 Å². The molecule has 0 radical (unpaired) electrons. The highest BCUT2D eigenvalue weighted by atomic mass is 32.2. The fourth-order valence-corrected chi connectivity index (χ4v) is 5.60. The van der Waals surface area contributed by atoms with Crippen LogP contribution >= 0.6 is 0 Å². The summed E-state index contributed by atoms with van der Waals surface area (Å²) in [5.74, 6) is -0.375. The number of fused-ring (bicyclic) bond motifs is 1. The van der Waals surface area contributed by atoms with Crippen LogP contribution in [0.3, 0.4) is 0 Å². The number of aliphatic hydroxyl groups is 2. The maximum Gasteiger partial charge on any atom is 0.253 e. The van der Waals surface area contributed by atoms with Crippen molar-refractivity contribution in [2.45, 2.75) is 62.3 Å². The zero-order valence-electron chi connectivity index (χ0n) is 21.6. The van der Waals surface area contributed by atoms with Gasteiger partial charge in [0.05, 0.1) is 29.1 Å². The van der Waals surface area contributed by atoms with Gasteiger partial charge in [-0.15, -0.1) is 0 Å². The molecule has 9 nitrogen and oxygen atoms in total. The fourth-order valence-electron chi connectivity index (χ4n) is 4.38. The van der Waals surface area contributed by atoms with Gasteiger partial charge in [0.2, 0.25) is 15.9 Å². The molecule has 1 amide bonds. The number of ether oxygens (including phenoxy) is 1. The van der Waals surface area contributed by atoms with Crippen LogP contribution in [0.2, 0.25) is 0 Å². The number of hydrogen-bond donors (Lipinski definition) is 4. The van der Waals surface area contributed by atoms with E-state index in [1.165, 1.54) is 24.4 Å². The molecule has 1 aromatic heterocycles. The second-order valence-corrected chi connectivity index (χ2v) is 11.6. The van der Waals surface area contributed by atoms with Crippen LogP contribution in [-0.2, 0) is 22.9 Å². The number of hydrogen-bond acceptors (Lipinski definition) is 7. The smallest absolute Gasteiger partial charge is 0.253 e. The van der Waals surface area contributed by atoms with Crippen molar-refractivity contribution in [3.63, 3.8) is 0 Å². The largest absolute Gasteiger partial charge is 0.469 e. The molecule has 0 fully saturated rings. The van der Waals surface area contributed by atoms with Gasteiger partial charge in [0.15, 0.2) is 0 Å². The summed E-state index contributed by atoms with van der Waals surface area (Å²) in [6.07, 6.45) is 1.25. The maximum absolute atomic E-state index is 13.3. The summed E-state index contributed by atoms with van der Waals surface area (Å²) in [5.41, 5.74) is 1.18. The topological polar surface area (TPSA) is 138 Å². The van der Waals surface area contributed by atoms with Crippen molar-refractivity contribution in [2.24, 2.45) is 0 Å². The molecule has 2 heterocycles. The molecular weight excluding hydrogens is 506 g/mol. The van der Waals surface area contributed by atoms with Crippen molar-refractivity contribution in [3.05, 3.63) is 89.1 Å². The van der Waals surface area contributed by atoms with Gasteiger partial charge >= 0.3 is 0 Å². The molecule has 2 aromatic carbocycles. The molecule has 0 saturated heterocycles. The number of pyridine rings is 1. The van der Waals surface area contributed by atoms with Crippen LogP contribution in [0.1, 0.15) is 55.3 Å². The van der Waals surface area contributed by atoms with E-state index in [1.807, 2.05) is 37.3 Å². The molecule has 10 heteroatoms. The molecule has 204 valence electrons. The first-order valence-corrected chi connectivity index (χ1v) is 14.0. The summed E-state index contributed by atoms with van der Waals surface area (Å²) >= 11 is 0. The number of carbonyl (C=O) groups is 1. The predicted octanol–water partition coefficient (Wildman–Crippen LogP) is 2.77. The number of aromatic nitrogens is 1. The van der Waals surface area contributed by atoms with Gasteiger partial charge in [0.1, 0.15) is 11.7 Å². The Kier molecular flexibility index (Phi) is 8.17. The number of sulfonamides is 1. The Bertz CT molecular complexity index is 1380. The number of aryl methyl sites for hydroxylation is 1. The molecule has 38 heavy (non-hydrogen) atoms. The van der Waals surface area contributed by atoms with Crippen LogP contribution in [0.25, 0.3) is 0 Å². The number of nitrogens with one attached hydrogen (secondary N) is 2. The van der Waals surface area contributed by atoms with Crippen molar-refractivity contribution in [2.75, 3.05) is 6.61 Å². The molecule has 0 unspecified atom stereocenters. The first-order valence-electron chi connectivity index (χ1n) is 12.5. The van der Waals surface area contributed by atoms with Crippen LogP contribution < -0.4 is 14.8 Å². The molecule has 0 aliphatic carbocycles. The molecule has 0 spiro atoms. The van der Waals surface area contributed by atoms with E-state index in [4.69, 9.17) is 4.74 Å².